The van der Waals surface area contributed by atoms with E-state index in [1.165, 1.54) is 11.1 Å². The molecule has 1 aliphatic heterocycles. The van der Waals surface area contributed by atoms with Gasteiger partial charge in [-0.1, -0.05) is 48.4 Å². The molecule has 0 fully saturated rings. The number of aryl methyl sites for hydroxylation is 1. The molecule has 3 aromatic rings. The van der Waals surface area contributed by atoms with E-state index in [9.17, 15) is 4.79 Å². The van der Waals surface area contributed by atoms with E-state index >= 15 is 0 Å². The highest BCUT2D eigenvalue weighted by Gasteiger charge is 2.26. The van der Waals surface area contributed by atoms with Crippen LogP contribution < -0.4 is 10.1 Å². The third kappa shape index (κ3) is 3.42. The van der Waals surface area contributed by atoms with Crippen molar-refractivity contribution in [2.24, 2.45) is 0 Å². The lowest BCUT2D eigenvalue weighted by Gasteiger charge is -2.26. The first-order valence-corrected chi connectivity index (χ1v) is 9.76. The molecule has 0 saturated carbocycles. The minimum atomic E-state index is -0.0721. The van der Waals surface area contributed by atoms with Crippen molar-refractivity contribution in [1.82, 2.24) is 9.88 Å². The van der Waals surface area contributed by atoms with E-state index in [1.54, 1.807) is 0 Å². The van der Waals surface area contributed by atoms with Gasteiger partial charge in [0.25, 0.3) is 5.91 Å². The molecule has 5 heteroatoms. The Bertz CT molecular complexity index is 992. The Morgan fingerprint density at radius 2 is 2.04 bits per heavy atom. The summed E-state index contributed by atoms with van der Waals surface area (Å²) in [6, 6.07) is 14.0. The fourth-order valence-corrected chi connectivity index (χ4v) is 3.79. The molecule has 1 aliphatic rings. The third-order valence-corrected chi connectivity index (χ3v) is 5.49. The molecule has 0 saturated heterocycles. The Kier molecular flexibility index (Phi) is 4.83. The van der Waals surface area contributed by atoms with Gasteiger partial charge in [0, 0.05) is 11.9 Å². The molecular weight excluding hydrogens is 360 g/mol. The van der Waals surface area contributed by atoms with Crippen molar-refractivity contribution in [3.05, 3.63) is 64.3 Å². The molecule has 140 valence electrons. The van der Waals surface area contributed by atoms with E-state index in [2.05, 4.69) is 48.0 Å². The zero-order chi connectivity index (χ0) is 19.0. The fraction of sp³-hybridized carbons (Fsp3) is 0.318. The van der Waals surface area contributed by atoms with Crippen molar-refractivity contribution >= 4 is 28.4 Å². The van der Waals surface area contributed by atoms with E-state index in [-0.39, 0.29) is 12.0 Å². The molecule has 1 aromatic heterocycles. The maximum absolute atomic E-state index is 12.9. The van der Waals surface area contributed by atoms with Crippen LogP contribution in [0.2, 0.25) is 5.02 Å². The van der Waals surface area contributed by atoms with Gasteiger partial charge in [-0.15, -0.1) is 0 Å². The number of ether oxygens (including phenoxy) is 1. The summed E-state index contributed by atoms with van der Waals surface area (Å²) in [6.45, 7) is 5.42. The zero-order valence-electron chi connectivity index (χ0n) is 15.6. The van der Waals surface area contributed by atoms with Crippen LogP contribution >= 0.6 is 11.6 Å². The number of amides is 1. The van der Waals surface area contributed by atoms with Gasteiger partial charge in [-0.2, -0.15) is 0 Å². The van der Waals surface area contributed by atoms with Gasteiger partial charge in [0.1, 0.15) is 17.5 Å². The predicted octanol–water partition coefficient (Wildman–Crippen LogP) is 4.75. The summed E-state index contributed by atoms with van der Waals surface area (Å²) >= 11 is 6.37. The molecule has 1 amide bonds. The van der Waals surface area contributed by atoms with Crippen LogP contribution in [-0.2, 0) is 13.0 Å². The highest BCUT2D eigenvalue weighted by molar-refractivity contribution is 6.36. The highest BCUT2D eigenvalue weighted by atomic mass is 35.5. The van der Waals surface area contributed by atoms with Gasteiger partial charge in [0.05, 0.1) is 17.1 Å². The zero-order valence-corrected chi connectivity index (χ0v) is 16.3. The number of carbonyl (C=O) groups is 1. The quantitative estimate of drug-likeness (QED) is 0.692. The lowest BCUT2D eigenvalue weighted by atomic mass is 10.1. The largest absolute Gasteiger partial charge is 0.486 e. The molecule has 0 aliphatic carbocycles. The van der Waals surface area contributed by atoms with Crippen molar-refractivity contribution in [2.45, 2.75) is 39.3 Å². The lowest BCUT2D eigenvalue weighted by Crippen LogP contribution is -2.32. The molecule has 0 bridgehead atoms. The van der Waals surface area contributed by atoms with E-state index in [0.29, 0.717) is 23.8 Å². The maximum atomic E-state index is 12.9. The molecule has 4 rings (SSSR count). The summed E-state index contributed by atoms with van der Waals surface area (Å²) < 4.78 is 8.09. The monoisotopic (exact) mass is 382 g/mol. The highest BCUT2D eigenvalue weighted by Crippen LogP contribution is 2.38. The van der Waals surface area contributed by atoms with Crippen molar-refractivity contribution in [3.63, 3.8) is 0 Å². The van der Waals surface area contributed by atoms with Gasteiger partial charge >= 0.3 is 0 Å². The molecule has 2 heterocycles. The number of hydrogen-bond acceptors (Lipinski definition) is 2. The molecule has 0 spiro atoms. The number of rotatable bonds is 5. The minimum absolute atomic E-state index is 0.0633. The van der Waals surface area contributed by atoms with E-state index in [4.69, 9.17) is 16.3 Å². The second-order valence-corrected chi connectivity index (χ2v) is 7.49. The van der Waals surface area contributed by atoms with Crippen LogP contribution in [0.1, 0.15) is 35.0 Å². The number of carbonyl (C=O) groups excluding carboxylic acids is 1. The predicted molar refractivity (Wildman–Crippen MR) is 109 cm³/mol. The van der Waals surface area contributed by atoms with Crippen LogP contribution in [0.3, 0.4) is 0 Å². The van der Waals surface area contributed by atoms with Gasteiger partial charge in [0.15, 0.2) is 0 Å². The number of nitrogens with one attached hydrogen (secondary N) is 1. The van der Waals surface area contributed by atoms with Crippen molar-refractivity contribution in [2.75, 3.05) is 6.54 Å². The standard InChI is InChI=1S/C22H23ClN2O2/c1-3-16-13-25-19(12-17-18(23)8-9-20(27-16)21(17)25)22(26)24-11-10-15-6-4-14(2)5-7-15/h4-9,12,16H,3,10-11,13H2,1-2H3,(H,24,26). The first-order chi connectivity index (χ1) is 13.1. The van der Waals surface area contributed by atoms with Gasteiger partial charge in [-0.3, -0.25) is 4.79 Å². The number of hydrogen-bond donors (Lipinski definition) is 1. The van der Waals surface area contributed by atoms with Crippen LogP contribution in [-0.4, -0.2) is 23.1 Å². The Morgan fingerprint density at radius 1 is 1.26 bits per heavy atom. The molecule has 2 aromatic carbocycles. The third-order valence-electron chi connectivity index (χ3n) is 5.16. The molecule has 4 nitrogen and oxygen atoms in total. The first-order valence-electron chi connectivity index (χ1n) is 9.39. The normalized spacial score (nSPS) is 15.6. The molecule has 27 heavy (non-hydrogen) atoms. The summed E-state index contributed by atoms with van der Waals surface area (Å²) in [6.07, 6.45) is 1.75. The Labute approximate surface area is 164 Å². The van der Waals surface area contributed by atoms with E-state index in [1.807, 2.05) is 18.2 Å². The lowest BCUT2D eigenvalue weighted by molar-refractivity contribution is 0.0938. The topological polar surface area (TPSA) is 43.3 Å². The van der Waals surface area contributed by atoms with Crippen molar-refractivity contribution in [3.8, 4) is 5.75 Å². The summed E-state index contributed by atoms with van der Waals surface area (Å²) in [5, 5.41) is 4.56. The molecule has 1 unspecified atom stereocenters. The second-order valence-electron chi connectivity index (χ2n) is 7.09. The van der Waals surface area contributed by atoms with E-state index < -0.39 is 0 Å². The van der Waals surface area contributed by atoms with Crippen LogP contribution in [0.15, 0.2) is 42.5 Å². The molecule has 1 atom stereocenters. The Morgan fingerprint density at radius 3 is 2.78 bits per heavy atom. The Hall–Kier alpha value is -2.46. The number of nitrogens with zero attached hydrogens (tertiary/aromatic N) is 1. The average molecular weight is 383 g/mol. The van der Waals surface area contributed by atoms with Gasteiger partial charge in [-0.05, 0) is 43.5 Å². The first kappa shape index (κ1) is 17.9. The van der Waals surface area contributed by atoms with Crippen LogP contribution in [0, 0.1) is 6.92 Å². The van der Waals surface area contributed by atoms with Gasteiger partial charge in [-0.25, -0.2) is 0 Å². The summed E-state index contributed by atoms with van der Waals surface area (Å²) in [7, 11) is 0. The average Bonchev–Trinajstić information content (AvgIpc) is 3.07. The number of aromatic nitrogens is 1. The number of benzene rings is 2. The smallest absolute Gasteiger partial charge is 0.267 e. The summed E-state index contributed by atoms with van der Waals surface area (Å²) in [4.78, 5) is 12.9. The van der Waals surface area contributed by atoms with Crippen molar-refractivity contribution < 1.29 is 9.53 Å². The van der Waals surface area contributed by atoms with E-state index in [0.717, 1.165) is 29.5 Å². The molecule has 1 N–H and O–H groups in total. The second kappa shape index (κ2) is 7.28. The van der Waals surface area contributed by atoms with Crippen molar-refractivity contribution in [1.29, 1.82) is 0 Å². The Balaban J connectivity index is 1.56. The molecular formula is C22H23ClN2O2. The van der Waals surface area contributed by atoms with Gasteiger partial charge < -0.3 is 14.6 Å². The molecule has 0 radical (unpaired) electrons. The van der Waals surface area contributed by atoms with Crippen LogP contribution in [0.4, 0.5) is 0 Å². The SMILES string of the molecule is CCC1Cn2c(C(=O)NCCc3ccc(C)cc3)cc3c(Cl)ccc(c32)O1. The summed E-state index contributed by atoms with van der Waals surface area (Å²) in [5.74, 6) is 0.725. The minimum Gasteiger partial charge on any atom is -0.486 e. The van der Waals surface area contributed by atoms with Crippen LogP contribution in [0.25, 0.3) is 10.9 Å². The number of halogens is 1. The summed E-state index contributed by atoms with van der Waals surface area (Å²) in [5.41, 5.74) is 4.01. The van der Waals surface area contributed by atoms with Crippen LogP contribution in [0.5, 0.6) is 5.75 Å². The maximum Gasteiger partial charge on any atom is 0.267 e. The van der Waals surface area contributed by atoms with Gasteiger partial charge in [0.2, 0.25) is 0 Å². The fourth-order valence-electron chi connectivity index (χ4n) is 3.59.